The van der Waals surface area contributed by atoms with Crippen LogP contribution in [-0.4, -0.2) is 0 Å². The van der Waals surface area contributed by atoms with Gasteiger partial charge in [-0.05, 0) is 37.5 Å². The number of allylic oxidation sites excluding steroid dienone is 2. The van der Waals surface area contributed by atoms with E-state index >= 15 is 0 Å². The van der Waals surface area contributed by atoms with Crippen molar-refractivity contribution in [2.45, 2.75) is 32.6 Å². The SMILES string of the molecule is CC1CCC1=CC1CC1. The number of hydrogen-bond acceptors (Lipinski definition) is 0. The van der Waals surface area contributed by atoms with Crippen molar-refractivity contribution in [3.63, 3.8) is 0 Å². The van der Waals surface area contributed by atoms with Gasteiger partial charge in [0, 0.05) is 0 Å². The van der Waals surface area contributed by atoms with Gasteiger partial charge in [0.25, 0.3) is 0 Å². The van der Waals surface area contributed by atoms with Crippen LogP contribution in [0.15, 0.2) is 11.6 Å². The maximum atomic E-state index is 2.52. The van der Waals surface area contributed by atoms with Gasteiger partial charge in [-0.3, -0.25) is 0 Å². The molecule has 9 heavy (non-hydrogen) atoms. The first kappa shape index (κ1) is 5.52. The van der Waals surface area contributed by atoms with Crippen molar-refractivity contribution in [3.05, 3.63) is 11.6 Å². The van der Waals surface area contributed by atoms with E-state index in [0.717, 1.165) is 11.8 Å². The fourth-order valence-corrected chi connectivity index (χ4v) is 1.41. The molecule has 0 saturated heterocycles. The molecule has 2 saturated carbocycles. The van der Waals surface area contributed by atoms with Gasteiger partial charge in [0.1, 0.15) is 0 Å². The van der Waals surface area contributed by atoms with E-state index in [9.17, 15) is 0 Å². The molecule has 0 radical (unpaired) electrons. The average molecular weight is 122 g/mol. The molecule has 0 bridgehead atoms. The van der Waals surface area contributed by atoms with Crippen LogP contribution in [0.4, 0.5) is 0 Å². The van der Waals surface area contributed by atoms with Crippen molar-refractivity contribution in [1.29, 1.82) is 0 Å². The summed E-state index contributed by atoms with van der Waals surface area (Å²) in [6.07, 6.45) is 8.30. The smallest absolute Gasteiger partial charge is 0.0229 e. The summed E-state index contributed by atoms with van der Waals surface area (Å²) in [5, 5.41) is 0. The Morgan fingerprint density at radius 2 is 2.11 bits per heavy atom. The quantitative estimate of drug-likeness (QED) is 0.469. The van der Waals surface area contributed by atoms with Crippen LogP contribution in [-0.2, 0) is 0 Å². The summed E-state index contributed by atoms with van der Waals surface area (Å²) in [6, 6.07) is 0. The lowest BCUT2D eigenvalue weighted by molar-refractivity contribution is 0.479. The summed E-state index contributed by atoms with van der Waals surface area (Å²) >= 11 is 0. The first-order valence-electron chi connectivity index (χ1n) is 4.07. The van der Waals surface area contributed by atoms with Gasteiger partial charge in [-0.25, -0.2) is 0 Å². The molecule has 0 spiro atoms. The highest BCUT2D eigenvalue weighted by molar-refractivity contribution is 5.17. The van der Waals surface area contributed by atoms with Gasteiger partial charge < -0.3 is 0 Å². The summed E-state index contributed by atoms with van der Waals surface area (Å²) in [7, 11) is 0. The highest BCUT2D eigenvalue weighted by atomic mass is 14.3. The van der Waals surface area contributed by atoms with Crippen LogP contribution < -0.4 is 0 Å². The van der Waals surface area contributed by atoms with E-state index in [1.807, 2.05) is 0 Å². The summed E-state index contributed by atoms with van der Waals surface area (Å²) in [6.45, 7) is 2.34. The van der Waals surface area contributed by atoms with Gasteiger partial charge in [-0.15, -0.1) is 0 Å². The Bertz CT molecular complexity index is 140. The van der Waals surface area contributed by atoms with Gasteiger partial charge in [0.05, 0.1) is 0 Å². The topological polar surface area (TPSA) is 0 Å². The molecule has 0 nitrogen and oxygen atoms in total. The average Bonchev–Trinajstić information content (AvgIpc) is 2.62. The molecule has 1 atom stereocenters. The maximum absolute atomic E-state index is 2.52. The molecule has 0 heteroatoms. The van der Waals surface area contributed by atoms with Crippen molar-refractivity contribution in [2.75, 3.05) is 0 Å². The van der Waals surface area contributed by atoms with Crippen molar-refractivity contribution in [1.82, 2.24) is 0 Å². The molecule has 0 N–H and O–H groups in total. The van der Waals surface area contributed by atoms with Crippen LogP contribution >= 0.6 is 0 Å². The third kappa shape index (κ3) is 1.03. The first-order chi connectivity index (χ1) is 4.36. The van der Waals surface area contributed by atoms with E-state index in [1.54, 1.807) is 5.57 Å². The third-order valence-corrected chi connectivity index (χ3v) is 2.57. The van der Waals surface area contributed by atoms with Crippen LogP contribution in [0, 0.1) is 11.8 Å². The Labute approximate surface area is 57.0 Å². The van der Waals surface area contributed by atoms with Gasteiger partial charge in [0.15, 0.2) is 0 Å². The van der Waals surface area contributed by atoms with E-state index in [0.29, 0.717) is 0 Å². The first-order valence-corrected chi connectivity index (χ1v) is 4.07. The monoisotopic (exact) mass is 122 g/mol. The molecule has 2 aliphatic carbocycles. The van der Waals surface area contributed by atoms with E-state index in [1.165, 1.54) is 25.7 Å². The van der Waals surface area contributed by atoms with E-state index in [4.69, 9.17) is 0 Å². The van der Waals surface area contributed by atoms with Crippen molar-refractivity contribution >= 4 is 0 Å². The second kappa shape index (κ2) is 1.86. The molecule has 0 aromatic heterocycles. The van der Waals surface area contributed by atoms with Gasteiger partial charge >= 0.3 is 0 Å². The lowest BCUT2D eigenvalue weighted by atomic mass is 9.80. The molecule has 0 aromatic carbocycles. The zero-order valence-corrected chi connectivity index (χ0v) is 6.06. The van der Waals surface area contributed by atoms with Gasteiger partial charge in [-0.2, -0.15) is 0 Å². The van der Waals surface area contributed by atoms with Crippen LogP contribution in [0.1, 0.15) is 32.6 Å². The van der Waals surface area contributed by atoms with Crippen LogP contribution in [0.2, 0.25) is 0 Å². The Hall–Kier alpha value is -0.260. The van der Waals surface area contributed by atoms with Crippen molar-refractivity contribution in [2.24, 2.45) is 11.8 Å². The summed E-state index contributed by atoms with van der Waals surface area (Å²) < 4.78 is 0. The number of hydrogen-bond donors (Lipinski definition) is 0. The molecule has 2 fully saturated rings. The molecule has 2 rings (SSSR count). The Morgan fingerprint density at radius 1 is 1.33 bits per heavy atom. The van der Waals surface area contributed by atoms with E-state index in [-0.39, 0.29) is 0 Å². The standard InChI is InChI=1S/C9H14/c1-7-2-5-9(7)6-8-3-4-8/h6-8H,2-5H2,1H3. The fourth-order valence-electron chi connectivity index (χ4n) is 1.41. The van der Waals surface area contributed by atoms with Gasteiger partial charge in [-0.1, -0.05) is 18.6 Å². The van der Waals surface area contributed by atoms with Crippen molar-refractivity contribution in [3.8, 4) is 0 Å². The largest absolute Gasteiger partial charge is 0.0819 e. The summed E-state index contributed by atoms with van der Waals surface area (Å²) in [4.78, 5) is 0. The van der Waals surface area contributed by atoms with E-state index < -0.39 is 0 Å². The van der Waals surface area contributed by atoms with Crippen LogP contribution in [0.25, 0.3) is 0 Å². The molecule has 0 aromatic rings. The molecule has 1 unspecified atom stereocenters. The number of rotatable bonds is 1. The normalized spacial score (nSPS) is 38.8. The predicted molar refractivity (Wildman–Crippen MR) is 39.2 cm³/mol. The predicted octanol–water partition coefficient (Wildman–Crippen LogP) is 2.75. The summed E-state index contributed by atoms with van der Waals surface area (Å²) in [5.74, 6) is 1.94. The van der Waals surface area contributed by atoms with E-state index in [2.05, 4.69) is 13.0 Å². The highest BCUT2D eigenvalue weighted by Gasteiger charge is 2.24. The molecule has 50 valence electrons. The van der Waals surface area contributed by atoms with Crippen molar-refractivity contribution < 1.29 is 0 Å². The Morgan fingerprint density at radius 3 is 2.44 bits per heavy atom. The Balaban J connectivity index is 1.95. The zero-order chi connectivity index (χ0) is 6.27. The molecule has 0 aliphatic heterocycles. The van der Waals surface area contributed by atoms with Crippen LogP contribution in [0.5, 0.6) is 0 Å². The Kier molecular flexibility index (Phi) is 1.14. The molecular formula is C9H14. The maximum Gasteiger partial charge on any atom is -0.0229 e. The lowest BCUT2D eigenvalue weighted by Crippen LogP contribution is -2.11. The minimum Gasteiger partial charge on any atom is -0.0819 e. The van der Waals surface area contributed by atoms with Gasteiger partial charge in [0.2, 0.25) is 0 Å². The minimum atomic E-state index is 0.936. The lowest BCUT2D eigenvalue weighted by Gasteiger charge is -2.26. The second-order valence-electron chi connectivity index (χ2n) is 3.52. The minimum absolute atomic E-state index is 0.936. The molecule has 0 amide bonds. The van der Waals surface area contributed by atoms with Crippen LogP contribution in [0.3, 0.4) is 0 Å². The second-order valence-corrected chi connectivity index (χ2v) is 3.52. The summed E-state index contributed by atoms with van der Waals surface area (Å²) in [5.41, 5.74) is 1.75. The third-order valence-electron chi connectivity index (χ3n) is 2.57. The zero-order valence-electron chi connectivity index (χ0n) is 6.06. The molecule has 0 heterocycles. The molecule has 2 aliphatic rings. The fraction of sp³-hybridized carbons (Fsp3) is 0.778. The molecular weight excluding hydrogens is 108 g/mol. The highest BCUT2D eigenvalue weighted by Crippen LogP contribution is 2.39.